The fourth-order valence-corrected chi connectivity index (χ4v) is 2.48. The highest BCUT2D eigenvalue weighted by Gasteiger charge is 2.33. The van der Waals surface area contributed by atoms with Crippen molar-refractivity contribution in [3.8, 4) is 0 Å². The normalized spacial score (nSPS) is 16.2. The smallest absolute Gasteiger partial charge is 0.238 e. The van der Waals surface area contributed by atoms with Gasteiger partial charge in [-0.2, -0.15) is 0 Å². The monoisotopic (exact) mass is 279 g/mol. The van der Waals surface area contributed by atoms with Crippen LogP contribution in [0, 0.1) is 18.7 Å². The summed E-state index contributed by atoms with van der Waals surface area (Å²) >= 11 is 0. The maximum atomic E-state index is 13.2. The van der Waals surface area contributed by atoms with Gasteiger partial charge in [-0.1, -0.05) is 6.07 Å². The number of nitrogens with one attached hydrogen (secondary N) is 1. The molecule has 5 heteroatoms. The van der Waals surface area contributed by atoms with Gasteiger partial charge in [0.05, 0.1) is 6.54 Å². The summed E-state index contributed by atoms with van der Waals surface area (Å²) in [4.78, 5) is 14.0. The minimum Gasteiger partial charge on any atom is -0.329 e. The van der Waals surface area contributed by atoms with Gasteiger partial charge in [-0.15, -0.1) is 0 Å². The highest BCUT2D eigenvalue weighted by molar-refractivity contribution is 5.92. The third-order valence-corrected chi connectivity index (χ3v) is 3.84. The Bertz CT molecular complexity index is 488. The van der Waals surface area contributed by atoms with Crippen molar-refractivity contribution in [3.05, 3.63) is 29.6 Å². The number of rotatable bonds is 6. The van der Waals surface area contributed by atoms with Gasteiger partial charge >= 0.3 is 0 Å². The quantitative estimate of drug-likeness (QED) is 0.834. The number of carbonyl (C=O) groups is 1. The van der Waals surface area contributed by atoms with Gasteiger partial charge in [-0.3, -0.25) is 9.69 Å². The Morgan fingerprint density at radius 1 is 1.55 bits per heavy atom. The first-order chi connectivity index (χ1) is 9.51. The summed E-state index contributed by atoms with van der Waals surface area (Å²) in [6.07, 6.45) is 2.38. The van der Waals surface area contributed by atoms with Crippen LogP contribution in [0.4, 0.5) is 10.1 Å². The van der Waals surface area contributed by atoms with E-state index >= 15 is 0 Å². The molecule has 0 aromatic heterocycles. The molecule has 4 nitrogen and oxygen atoms in total. The highest BCUT2D eigenvalue weighted by Crippen LogP contribution is 2.34. The van der Waals surface area contributed by atoms with Crippen molar-refractivity contribution in [3.63, 3.8) is 0 Å². The van der Waals surface area contributed by atoms with Crippen LogP contribution in [-0.4, -0.2) is 37.0 Å². The number of anilines is 1. The second-order valence-electron chi connectivity index (χ2n) is 5.56. The molecule has 1 aromatic rings. The van der Waals surface area contributed by atoms with Crippen molar-refractivity contribution in [2.24, 2.45) is 11.7 Å². The summed E-state index contributed by atoms with van der Waals surface area (Å²) < 4.78 is 13.2. The zero-order valence-electron chi connectivity index (χ0n) is 12.0. The predicted octanol–water partition coefficient (Wildman–Crippen LogP) is 1.74. The number of nitrogens with zero attached hydrogens (tertiary/aromatic N) is 1. The summed E-state index contributed by atoms with van der Waals surface area (Å²) in [5.74, 6) is 0.131. The van der Waals surface area contributed by atoms with Crippen LogP contribution in [-0.2, 0) is 4.79 Å². The number of likely N-dealkylation sites (N-methyl/N-ethyl adjacent to an activating group) is 1. The van der Waals surface area contributed by atoms with Crippen molar-refractivity contribution in [1.29, 1.82) is 0 Å². The minimum atomic E-state index is -0.350. The third-order valence-electron chi connectivity index (χ3n) is 3.84. The number of aryl methyl sites for hydroxylation is 1. The Hall–Kier alpha value is -1.46. The van der Waals surface area contributed by atoms with Crippen molar-refractivity contribution in [2.75, 3.05) is 25.5 Å². The van der Waals surface area contributed by atoms with Crippen molar-refractivity contribution in [2.45, 2.75) is 25.8 Å². The average Bonchev–Trinajstić information content (AvgIpc) is 3.19. The standard InChI is InChI=1S/C15H22FN3O/c1-10-3-6-12(16)7-13(10)18-15(20)9-19(2)14(8-17)11-4-5-11/h3,6-7,11,14H,4-5,8-9,17H2,1-2H3,(H,18,20). The van der Waals surface area contributed by atoms with E-state index in [1.165, 1.54) is 25.0 Å². The topological polar surface area (TPSA) is 58.4 Å². The maximum Gasteiger partial charge on any atom is 0.238 e. The van der Waals surface area contributed by atoms with E-state index in [9.17, 15) is 9.18 Å². The molecule has 1 amide bonds. The fraction of sp³-hybridized carbons (Fsp3) is 0.533. The van der Waals surface area contributed by atoms with Crippen LogP contribution < -0.4 is 11.1 Å². The zero-order valence-corrected chi connectivity index (χ0v) is 12.0. The zero-order chi connectivity index (χ0) is 14.7. The number of amides is 1. The van der Waals surface area contributed by atoms with Gasteiger partial charge in [0.2, 0.25) is 5.91 Å². The number of hydrogen-bond donors (Lipinski definition) is 2. The van der Waals surface area contributed by atoms with Gasteiger partial charge in [0.1, 0.15) is 5.82 Å². The third kappa shape index (κ3) is 3.77. The van der Waals surface area contributed by atoms with Crippen molar-refractivity contribution < 1.29 is 9.18 Å². The molecule has 0 bridgehead atoms. The molecule has 0 spiro atoms. The van der Waals surface area contributed by atoms with Crippen LogP contribution in [0.2, 0.25) is 0 Å². The van der Waals surface area contributed by atoms with Gasteiger partial charge < -0.3 is 11.1 Å². The first-order valence-electron chi connectivity index (χ1n) is 6.97. The van der Waals surface area contributed by atoms with Gasteiger partial charge in [0.15, 0.2) is 0 Å². The molecule has 1 saturated carbocycles. The molecule has 3 N–H and O–H groups in total. The summed E-state index contributed by atoms with van der Waals surface area (Å²) in [5.41, 5.74) is 7.14. The lowest BCUT2D eigenvalue weighted by Crippen LogP contribution is -2.43. The highest BCUT2D eigenvalue weighted by atomic mass is 19.1. The average molecular weight is 279 g/mol. The molecule has 0 radical (unpaired) electrons. The summed E-state index contributed by atoms with van der Waals surface area (Å²) in [5, 5.41) is 2.76. The van der Waals surface area contributed by atoms with E-state index in [-0.39, 0.29) is 24.3 Å². The molecule has 110 valence electrons. The molecule has 0 heterocycles. The lowest BCUT2D eigenvalue weighted by atomic mass is 10.1. The number of nitrogens with two attached hydrogens (primary N) is 1. The molecule has 1 aliphatic carbocycles. The van der Waals surface area contributed by atoms with Crippen LogP contribution >= 0.6 is 0 Å². The van der Waals surface area contributed by atoms with E-state index in [2.05, 4.69) is 5.32 Å². The Balaban J connectivity index is 1.93. The SMILES string of the molecule is Cc1ccc(F)cc1NC(=O)CN(C)C(CN)C1CC1. The lowest BCUT2D eigenvalue weighted by molar-refractivity contribution is -0.117. The molecule has 1 atom stereocenters. The second kappa shape index (κ2) is 6.33. The number of halogens is 1. The number of benzene rings is 1. The Labute approximate surface area is 119 Å². The molecule has 20 heavy (non-hydrogen) atoms. The van der Waals surface area contributed by atoms with Gasteiger partial charge in [-0.05, 0) is 50.4 Å². The van der Waals surface area contributed by atoms with Crippen LogP contribution in [0.3, 0.4) is 0 Å². The van der Waals surface area contributed by atoms with E-state index < -0.39 is 0 Å². The lowest BCUT2D eigenvalue weighted by Gasteiger charge is -2.26. The number of hydrogen-bond acceptors (Lipinski definition) is 3. The first-order valence-corrected chi connectivity index (χ1v) is 6.97. The van der Waals surface area contributed by atoms with E-state index in [0.29, 0.717) is 18.2 Å². The first kappa shape index (κ1) is 14.9. The van der Waals surface area contributed by atoms with Crippen molar-refractivity contribution >= 4 is 11.6 Å². The van der Waals surface area contributed by atoms with Gasteiger partial charge in [0.25, 0.3) is 0 Å². The van der Waals surface area contributed by atoms with Crippen LogP contribution in [0.5, 0.6) is 0 Å². The molecular weight excluding hydrogens is 257 g/mol. The minimum absolute atomic E-state index is 0.139. The van der Waals surface area contributed by atoms with Crippen LogP contribution in [0.1, 0.15) is 18.4 Å². The predicted molar refractivity (Wildman–Crippen MR) is 78.0 cm³/mol. The molecular formula is C15H22FN3O. The fourth-order valence-electron chi connectivity index (χ4n) is 2.48. The maximum absolute atomic E-state index is 13.2. The number of carbonyl (C=O) groups excluding carboxylic acids is 1. The van der Waals surface area contributed by atoms with Gasteiger partial charge in [-0.25, -0.2) is 4.39 Å². The van der Waals surface area contributed by atoms with E-state index in [1.807, 2.05) is 18.9 Å². The van der Waals surface area contributed by atoms with Crippen LogP contribution in [0.25, 0.3) is 0 Å². The van der Waals surface area contributed by atoms with Crippen molar-refractivity contribution in [1.82, 2.24) is 4.90 Å². The van der Waals surface area contributed by atoms with Crippen LogP contribution in [0.15, 0.2) is 18.2 Å². The molecule has 1 aromatic carbocycles. The molecule has 1 aliphatic rings. The Morgan fingerprint density at radius 2 is 2.25 bits per heavy atom. The summed E-state index contributed by atoms with van der Waals surface area (Å²) in [6.45, 7) is 2.67. The molecule has 0 saturated heterocycles. The Kier molecular flexibility index (Phi) is 4.73. The molecule has 2 rings (SSSR count). The molecule has 1 fully saturated rings. The molecule has 0 aliphatic heterocycles. The second-order valence-corrected chi connectivity index (χ2v) is 5.56. The molecule has 1 unspecified atom stereocenters. The van der Waals surface area contributed by atoms with Gasteiger partial charge in [0, 0.05) is 18.3 Å². The summed E-state index contributed by atoms with van der Waals surface area (Å²) in [6, 6.07) is 4.64. The summed E-state index contributed by atoms with van der Waals surface area (Å²) in [7, 11) is 1.91. The van der Waals surface area contributed by atoms with E-state index in [1.54, 1.807) is 6.07 Å². The Morgan fingerprint density at radius 3 is 2.85 bits per heavy atom. The van der Waals surface area contributed by atoms with E-state index in [4.69, 9.17) is 5.73 Å². The van der Waals surface area contributed by atoms with E-state index in [0.717, 1.165) is 5.56 Å². The largest absolute Gasteiger partial charge is 0.329 e.